The van der Waals surface area contributed by atoms with Crippen molar-refractivity contribution in [1.82, 2.24) is 9.38 Å². The highest BCUT2D eigenvalue weighted by Crippen LogP contribution is 2.28. The molecule has 4 rings (SSSR count). The zero-order chi connectivity index (χ0) is 26.7. The number of nitrogens with zero attached hydrogens (tertiary/aromatic N) is 4. The third-order valence-corrected chi connectivity index (χ3v) is 8.09. The Bertz CT molecular complexity index is 1580. The second-order valence-corrected chi connectivity index (χ2v) is 10.9. The number of aryl methyl sites for hydroxylation is 2. The Morgan fingerprint density at radius 2 is 1.97 bits per heavy atom. The highest BCUT2D eigenvalue weighted by Gasteiger charge is 2.30. The van der Waals surface area contributed by atoms with E-state index in [2.05, 4.69) is 0 Å². The fourth-order valence-electron chi connectivity index (χ4n) is 4.44. The van der Waals surface area contributed by atoms with Gasteiger partial charge in [0.1, 0.15) is 22.4 Å². The third-order valence-electron chi connectivity index (χ3n) is 6.41. The number of hydrogen-bond donors (Lipinski definition) is 0. The van der Waals surface area contributed by atoms with Gasteiger partial charge in [-0.1, -0.05) is 23.8 Å². The lowest BCUT2D eigenvalue weighted by Gasteiger charge is -2.33. The number of carbonyl (C=O) groups excluding carboxylic acids is 1. The van der Waals surface area contributed by atoms with Crippen LogP contribution in [0.4, 0.5) is 5.82 Å². The van der Waals surface area contributed by atoms with E-state index in [1.54, 1.807) is 42.3 Å². The van der Waals surface area contributed by atoms with Crippen LogP contribution in [0.1, 0.15) is 36.5 Å². The van der Waals surface area contributed by atoms with E-state index < -0.39 is 26.2 Å². The summed E-state index contributed by atoms with van der Waals surface area (Å²) >= 11 is 0. The third kappa shape index (κ3) is 5.13. The van der Waals surface area contributed by atoms with Crippen molar-refractivity contribution in [3.05, 3.63) is 74.5 Å². The highest BCUT2D eigenvalue weighted by atomic mass is 32.2. The summed E-state index contributed by atoms with van der Waals surface area (Å²) in [7, 11) is -4.19. The molecule has 3 aromatic rings. The molecular weight excluding hydrogens is 492 g/mol. The standard InChI is InChI=1S/C27H28N4O5S/c1-4-36-27(33)20-8-6-13-30(17-20)25-23(26(32)31-14-5-7-19(3)24(31)29-25)15-22(16-28)37(34,35)21-11-9-18(2)10-12-21/h5,7,9-12,14-15,20H,4,6,8,13,17H2,1-3H3. The summed E-state index contributed by atoms with van der Waals surface area (Å²) in [5.74, 6) is -0.493. The van der Waals surface area contributed by atoms with Gasteiger partial charge in [0.15, 0.2) is 0 Å². The average Bonchev–Trinajstić information content (AvgIpc) is 2.89. The van der Waals surface area contributed by atoms with Gasteiger partial charge in [-0.15, -0.1) is 0 Å². The van der Waals surface area contributed by atoms with Gasteiger partial charge in [-0.05, 0) is 63.5 Å². The van der Waals surface area contributed by atoms with Crippen LogP contribution in [0.25, 0.3) is 11.7 Å². The number of benzene rings is 1. The Kier molecular flexibility index (Phi) is 7.45. The number of anilines is 1. The molecule has 0 aliphatic carbocycles. The van der Waals surface area contributed by atoms with Crippen LogP contribution < -0.4 is 10.5 Å². The lowest BCUT2D eigenvalue weighted by molar-refractivity contribution is -0.148. The number of fused-ring (bicyclic) bond motifs is 1. The van der Waals surface area contributed by atoms with Crippen LogP contribution >= 0.6 is 0 Å². The molecule has 0 spiro atoms. The van der Waals surface area contributed by atoms with Gasteiger partial charge in [-0.2, -0.15) is 5.26 Å². The quantitative estimate of drug-likeness (QED) is 0.358. The molecule has 0 amide bonds. The Morgan fingerprint density at radius 1 is 1.24 bits per heavy atom. The molecule has 1 saturated heterocycles. The Hall–Kier alpha value is -3.97. The van der Waals surface area contributed by atoms with Crippen LogP contribution in [0.5, 0.6) is 0 Å². The van der Waals surface area contributed by atoms with Gasteiger partial charge in [0.2, 0.25) is 9.84 Å². The zero-order valence-electron chi connectivity index (χ0n) is 21.0. The van der Waals surface area contributed by atoms with Crippen molar-refractivity contribution in [2.24, 2.45) is 5.92 Å². The highest BCUT2D eigenvalue weighted by molar-refractivity contribution is 7.95. The molecule has 0 saturated carbocycles. The van der Waals surface area contributed by atoms with E-state index >= 15 is 0 Å². The number of sulfone groups is 1. The first kappa shape index (κ1) is 26.1. The summed E-state index contributed by atoms with van der Waals surface area (Å²) in [4.78, 5) is 32.1. The van der Waals surface area contributed by atoms with Gasteiger partial charge < -0.3 is 9.64 Å². The monoisotopic (exact) mass is 520 g/mol. The normalized spacial score (nSPS) is 16.4. The minimum atomic E-state index is -4.19. The predicted molar refractivity (Wildman–Crippen MR) is 140 cm³/mol. The van der Waals surface area contributed by atoms with Crippen LogP contribution in [-0.4, -0.2) is 43.5 Å². The maximum atomic E-state index is 13.7. The number of pyridine rings is 1. The number of nitriles is 1. The summed E-state index contributed by atoms with van der Waals surface area (Å²) in [6, 6.07) is 11.4. The van der Waals surface area contributed by atoms with Crippen molar-refractivity contribution in [2.45, 2.75) is 38.5 Å². The first-order valence-electron chi connectivity index (χ1n) is 12.0. The van der Waals surface area contributed by atoms with Gasteiger partial charge in [0.05, 0.1) is 23.0 Å². The van der Waals surface area contributed by atoms with E-state index in [4.69, 9.17) is 9.72 Å². The van der Waals surface area contributed by atoms with Crippen LogP contribution in [0, 0.1) is 31.1 Å². The SMILES string of the molecule is CCOC(=O)C1CCCN(c2nc3c(C)cccn3c(=O)c2C=C(C#N)S(=O)(=O)c2ccc(C)cc2)C1. The fraction of sp³-hybridized carbons (Fsp3) is 0.333. The zero-order valence-corrected chi connectivity index (χ0v) is 21.8. The molecule has 10 heteroatoms. The van der Waals surface area contributed by atoms with Crippen LogP contribution in [-0.2, 0) is 19.4 Å². The number of ether oxygens (including phenoxy) is 1. The average molecular weight is 521 g/mol. The summed E-state index contributed by atoms with van der Waals surface area (Å²) in [5, 5.41) is 9.86. The van der Waals surface area contributed by atoms with E-state index in [0.29, 0.717) is 25.0 Å². The summed E-state index contributed by atoms with van der Waals surface area (Å²) in [5.41, 5.74) is 1.51. The van der Waals surface area contributed by atoms with Crippen molar-refractivity contribution in [2.75, 3.05) is 24.6 Å². The van der Waals surface area contributed by atoms with Crippen LogP contribution in [0.2, 0.25) is 0 Å². The molecule has 0 N–H and O–H groups in total. The Balaban J connectivity index is 1.91. The fourth-order valence-corrected chi connectivity index (χ4v) is 5.58. The second-order valence-electron chi connectivity index (χ2n) is 9.01. The van der Waals surface area contributed by atoms with E-state index in [1.807, 2.05) is 19.9 Å². The first-order chi connectivity index (χ1) is 17.7. The number of piperidine rings is 1. The van der Waals surface area contributed by atoms with Crippen molar-refractivity contribution >= 4 is 33.3 Å². The van der Waals surface area contributed by atoms with Crippen molar-refractivity contribution < 1.29 is 17.9 Å². The summed E-state index contributed by atoms with van der Waals surface area (Å²) in [6.45, 7) is 6.43. The molecule has 9 nitrogen and oxygen atoms in total. The first-order valence-corrected chi connectivity index (χ1v) is 13.5. The Labute approximate surface area is 215 Å². The largest absolute Gasteiger partial charge is 0.466 e. The molecular formula is C27H28N4O5S. The molecule has 0 bridgehead atoms. The smallest absolute Gasteiger partial charge is 0.310 e. The molecule has 3 heterocycles. The van der Waals surface area contributed by atoms with Crippen LogP contribution in [0.15, 0.2) is 57.2 Å². The second kappa shape index (κ2) is 10.6. The number of allylic oxidation sites excluding steroid dienone is 1. The maximum Gasteiger partial charge on any atom is 0.310 e. The van der Waals surface area contributed by atoms with Gasteiger partial charge in [-0.25, -0.2) is 13.4 Å². The van der Waals surface area contributed by atoms with E-state index in [-0.39, 0.29) is 35.4 Å². The summed E-state index contributed by atoms with van der Waals surface area (Å²) in [6.07, 6.45) is 3.95. The molecule has 2 aromatic heterocycles. The number of aromatic nitrogens is 2. The number of carbonyl (C=O) groups is 1. The van der Waals surface area contributed by atoms with Gasteiger partial charge >= 0.3 is 5.97 Å². The van der Waals surface area contributed by atoms with Crippen molar-refractivity contribution in [3.63, 3.8) is 0 Å². The Morgan fingerprint density at radius 3 is 2.65 bits per heavy atom. The minimum Gasteiger partial charge on any atom is -0.466 e. The lowest BCUT2D eigenvalue weighted by Crippen LogP contribution is -2.41. The van der Waals surface area contributed by atoms with Gasteiger partial charge in [-0.3, -0.25) is 14.0 Å². The molecule has 1 aliphatic rings. The molecule has 1 atom stereocenters. The number of esters is 1. The molecule has 0 radical (unpaired) electrons. The van der Waals surface area contributed by atoms with Gasteiger partial charge in [0, 0.05) is 19.3 Å². The molecule has 1 aliphatic heterocycles. The van der Waals surface area contributed by atoms with E-state index in [1.165, 1.54) is 16.5 Å². The number of hydrogen-bond acceptors (Lipinski definition) is 8. The summed E-state index contributed by atoms with van der Waals surface area (Å²) < 4.78 is 33.2. The van der Waals surface area contributed by atoms with E-state index in [0.717, 1.165) is 17.2 Å². The lowest BCUT2D eigenvalue weighted by atomic mass is 9.98. The molecule has 1 fully saturated rings. The van der Waals surface area contributed by atoms with Crippen LogP contribution in [0.3, 0.4) is 0 Å². The topological polar surface area (TPSA) is 122 Å². The minimum absolute atomic E-state index is 0.0279. The maximum absolute atomic E-state index is 13.7. The van der Waals surface area contributed by atoms with Gasteiger partial charge in [0.25, 0.3) is 5.56 Å². The molecule has 37 heavy (non-hydrogen) atoms. The molecule has 192 valence electrons. The van der Waals surface area contributed by atoms with Crippen molar-refractivity contribution in [3.8, 4) is 6.07 Å². The molecule has 1 aromatic carbocycles. The van der Waals surface area contributed by atoms with Crippen molar-refractivity contribution in [1.29, 1.82) is 5.26 Å². The number of rotatable bonds is 6. The predicted octanol–water partition coefficient (Wildman–Crippen LogP) is 3.43. The van der Waals surface area contributed by atoms with E-state index in [9.17, 15) is 23.3 Å². The molecule has 1 unspecified atom stereocenters.